The first-order valence-corrected chi connectivity index (χ1v) is 6.87. The third kappa shape index (κ3) is 3.76. The number of phenols is 3. The molecule has 0 unspecified atom stereocenters. The van der Waals surface area contributed by atoms with Crippen LogP contribution < -0.4 is 10.0 Å². The van der Waals surface area contributed by atoms with Crippen molar-refractivity contribution in [2.24, 2.45) is 0 Å². The van der Waals surface area contributed by atoms with Gasteiger partial charge in [-0.1, -0.05) is 6.07 Å². The first kappa shape index (κ1) is 14.6. The molecule has 0 radical (unpaired) electrons. The molecular formula is C10H16N2O5S. The van der Waals surface area contributed by atoms with E-state index in [1.165, 1.54) is 19.2 Å². The lowest BCUT2D eigenvalue weighted by atomic mass is 10.1. The van der Waals surface area contributed by atoms with Gasteiger partial charge in [-0.3, -0.25) is 0 Å². The van der Waals surface area contributed by atoms with Gasteiger partial charge in [-0.2, -0.15) is 0 Å². The third-order valence-corrected chi connectivity index (χ3v) is 3.75. The number of nitrogens with one attached hydrogen (secondary N) is 2. The van der Waals surface area contributed by atoms with Gasteiger partial charge in [0, 0.05) is 18.7 Å². The predicted molar refractivity (Wildman–Crippen MR) is 66.0 cm³/mol. The first-order valence-electron chi connectivity index (χ1n) is 5.22. The maximum absolute atomic E-state index is 11.1. The molecule has 0 aliphatic rings. The van der Waals surface area contributed by atoms with Gasteiger partial charge < -0.3 is 20.6 Å². The minimum atomic E-state index is -3.26. The highest BCUT2D eigenvalue weighted by Crippen LogP contribution is 2.36. The molecule has 0 saturated carbocycles. The Morgan fingerprint density at radius 2 is 1.83 bits per heavy atom. The van der Waals surface area contributed by atoms with Crippen LogP contribution in [0.2, 0.25) is 0 Å². The molecule has 18 heavy (non-hydrogen) atoms. The molecule has 1 aromatic rings. The van der Waals surface area contributed by atoms with Gasteiger partial charge in [0.25, 0.3) is 0 Å². The van der Waals surface area contributed by atoms with Gasteiger partial charge in [-0.05, 0) is 13.1 Å². The number of benzene rings is 1. The lowest BCUT2D eigenvalue weighted by Crippen LogP contribution is -2.29. The summed E-state index contributed by atoms with van der Waals surface area (Å²) in [5.41, 5.74) is 0.368. The van der Waals surface area contributed by atoms with Crippen molar-refractivity contribution in [2.75, 3.05) is 19.3 Å². The fraction of sp³-hybridized carbons (Fsp3) is 0.400. The molecule has 0 aromatic heterocycles. The van der Waals surface area contributed by atoms with Crippen molar-refractivity contribution >= 4 is 10.0 Å². The second-order valence-corrected chi connectivity index (χ2v) is 5.69. The number of hydrogen-bond donors (Lipinski definition) is 5. The quantitative estimate of drug-likeness (QED) is 0.351. The largest absolute Gasteiger partial charge is 0.504 e. The molecule has 0 amide bonds. The molecule has 0 saturated heterocycles. The van der Waals surface area contributed by atoms with E-state index in [-0.39, 0.29) is 18.8 Å². The van der Waals surface area contributed by atoms with Gasteiger partial charge in [0.15, 0.2) is 11.5 Å². The van der Waals surface area contributed by atoms with Gasteiger partial charge in [0.1, 0.15) is 0 Å². The minimum Gasteiger partial charge on any atom is -0.504 e. The Morgan fingerprint density at radius 1 is 1.17 bits per heavy atom. The number of aromatic hydroxyl groups is 3. The maximum Gasteiger partial charge on any atom is 0.212 e. The van der Waals surface area contributed by atoms with Crippen LogP contribution >= 0.6 is 0 Å². The van der Waals surface area contributed by atoms with Crippen molar-refractivity contribution in [3.63, 3.8) is 0 Å². The van der Waals surface area contributed by atoms with Crippen molar-refractivity contribution in [1.82, 2.24) is 10.0 Å². The molecular weight excluding hydrogens is 260 g/mol. The second-order valence-electron chi connectivity index (χ2n) is 3.64. The maximum atomic E-state index is 11.1. The fourth-order valence-electron chi connectivity index (χ4n) is 1.29. The van der Waals surface area contributed by atoms with Crippen LogP contribution in [-0.2, 0) is 16.6 Å². The molecule has 0 aliphatic carbocycles. The van der Waals surface area contributed by atoms with Gasteiger partial charge in [0.2, 0.25) is 15.8 Å². The highest BCUT2D eigenvalue weighted by Gasteiger charge is 2.11. The average molecular weight is 276 g/mol. The lowest BCUT2D eigenvalue weighted by molar-refractivity contribution is 0.364. The standard InChI is InChI=1S/C10H16N2O5S/c1-11-18(16,17)5-4-12-6-7-2-3-8(13)10(15)9(7)14/h2-3,11-15H,4-6H2,1H3. The van der Waals surface area contributed by atoms with Crippen molar-refractivity contribution < 1.29 is 23.7 Å². The molecule has 1 rings (SSSR count). The fourth-order valence-corrected chi connectivity index (χ4v) is 1.90. The van der Waals surface area contributed by atoms with Gasteiger partial charge in [-0.25, -0.2) is 13.1 Å². The molecule has 102 valence electrons. The van der Waals surface area contributed by atoms with E-state index in [2.05, 4.69) is 10.0 Å². The molecule has 8 heteroatoms. The van der Waals surface area contributed by atoms with E-state index < -0.39 is 27.3 Å². The molecule has 1 aromatic carbocycles. The van der Waals surface area contributed by atoms with Crippen LogP contribution in [0, 0.1) is 0 Å². The highest BCUT2D eigenvalue weighted by molar-refractivity contribution is 7.89. The lowest BCUT2D eigenvalue weighted by Gasteiger charge is -2.09. The zero-order valence-corrected chi connectivity index (χ0v) is 10.7. The summed E-state index contributed by atoms with van der Waals surface area (Å²) in [6.45, 7) is 0.378. The summed E-state index contributed by atoms with van der Waals surface area (Å²) < 4.78 is 24.4. The van der Waals surface area contributed by atoms with Crippen molar-refractivity contribution in [3.05, 3.63) is 17.7 Å². The summed E-state index contributed by atoms with van der Waals surface area (Å²) in [5, 5.41) is 30.7. The van der Waals surface area contributed by atoms with Crippen LogP contribution in [0.5, 0.6) is 17.2 Å². The predicted octanol–water partition coefficient (Wildman–Crippen LogP) is -0.558. The molecule has 0 heterocycles. The number of phenolic OH excluding ortho intramolecular Hbond substituents is 3. The summed E-state index contributed by atoms with van der Waals surface area (Å²) in [6.07, 6.45) is 0. The Balaban J connectivity index is 2.53. The Morgan fingerprint density at radius 3 is 2.44 bits per heavy atom. The number of hydrogen-bond acceptors (Lipinski definition) is 6. The van der Waals surface area contributed by atoms with Gasteiger partial charge in [0.05, 0.1) is 5.75 Å². The minimum absolute atomic E-state index is 0.0890. The zero-order valence-electron chi connectivity index (χ0n) is 9.84. The number of sulfonamides is 1. The Hall–Kier alpha value is -1.51. The van der Waals surface area contributed by atoms with Crippen LogP contribution in [-0.4, -0.2) is 43.1 Å². The SMILES string of the molecule is CNS(=O)(=O)CCNCc1ccc(O)c(O)c1O. The zero-order chi connectivity index (χ0) is 13.8. The van der Waals surface area contributed by atoms with Crippen molar-refractivity contribution in [3.8, 4) is 17.2 Å². The highest BCUT2D eigenvalue weighted by atomic mass is 32.2. The van der Waals surface area contributed by atoms with E-state index in [1.54, 1.807) is 0 Å². The van der Waals surface area contributed by atoms with Gasteiger partial charge in [-0.15, -0.1) is 0 Å². The first-order chi connectivity index (χ1) is 8.37. The average Bonchev–Trinajstić information content (AvgIpc) is 2.34. The van der Waals surface area contributed by atoms with Crippen molar-refractivity contribution in [1.29, 1.82) is 0 Å². The van der Waals surface area contributed by atoms with Crippen LogP contribution in [0.4, 0.5) is 0 Å². The van der Waals surface area contributed by atoms with E-state index in [0.717, 1.165) is 0 Å². The Bertz CT molecular complexity index is 515. The number of rotatable bonds is 6. The van der Waals surface area contributed by atoms with E-state index in [0.29, 0.717) is 5.56 Å². The summed E-state index contributed by atoms with van der Waals surface area (Å²) >= 11 is 0. The van der Waals surface area contributed by atoms with Crippen LogP contribution in [0.1, 0.15) is 5.56 Å². The van der Waals surface area contributed by atoms with E-state index in [9.17, 15) is 18.6 Å². The molecule has 0 fully saturated rings. The second kappa shape index (κ2) is 5.89. The Kier molecular flexibility index (Phi) is 4.76. The smallest absolute Gasteiger partial charge is 0.212 e. The summed E-state index contributed by atoms with van der Waals surface area (Å²) in [5.74, 6) is -1.50. The Labute approximate surface area is 105 Å². The normalized spacial score (nSPS) is 11.6. The van der Waals surface area contributed by atoms with Crippen LogP contribution in [0.3, 0.4) is 0 Å². The van der Waals surface area contributed by atoms with Crippen molar-refractivity contribution in [2.45, 2.75) is 6.54 Å². The molecule has 5 N–H and O–H groups in total. The topological polar surface area (TPSA) is 119 Å². The van der Waals surface area contributed by atoms with Crippen LogP contribution in [0.25, 0.3) is 0 Å². The molecule has 0 atom stereocenters. The van der Waals surface area contributed by atoms with E-state index in [1.807, 2.05) is 0 Å². The molecule has 0 spiro atoms. The molecule has 0 aliphatic heterocycles. The third-order valence-electron chi connectivity index (χ3n) is 2.39. The molecule has 7 nitrogen and oxygen atoms in total. The van der Waals surface area contributed by atoms with E-state index in [4.69, 9.17) is 5.11 Å². The van der Waals surface area contributed by atoms with E-state index >= 15 is 0 Å². The monoisotopic (exact) mass is 276 g/mol. The van der Waals surface area contributed by atoms with Crippen LogP contribution in [0.15, 0.2) is 12.1 Å². The summed E-state index contributed by atoms with van der Waals surface area (Å²) in [4.78, 5) is 0. The molecule has 0 bridgehead atoms. The van der Waals surface area contributed by atoms with Gasteiger partial charge >= 0.3 is 0 Å². The summed E-state index contributed by atoms with van der Waals surface area (Å²) in [6, 6.07) is 2.68. The summed E-state index contributed by atoms with van der Waals surface area (Å²) in [7, 11) is -1.93.